The number of primary amides is 1. The van der Waals surface area contributed by atoms with Gasteiger partial charge in [-0.3, -0.25) is 24.0 Å². The number of nitrogens with zero attached hydrogens (tertiary/aromatic N) is 4. The molecule has 1 saturated carbocycles. The molecule has 1 aromatic carbocycles. The molecule has 5 rings (SSSR count). The third-order valence-corrected chi connectivity index (χ3v) is 6.95. The SMILES string of the molecule is NC(=O)c1nn(CC(=O)N2C[C@H](F)C[C@H]2C(=O)C[C@@H]2C[C@H]2c2ccc(Cl)cc2)c2cnccc12. The molecular weight excluding hydrogens is 461 g/mol. The van der Waals surface area contributed by atoms with Crippen molar-refractivity contribution in [3.63, 3.8) is 0 Å². The number of alkyl halides is 1. The van der Waals surface area contributed by atoms with E-state index < -0.39 is 24.0 Å². The molecule has 176 valence electrons. The summed E-state index contributed by atoms with van der Waals surface area (Å²) >= 11 is 5.95. The first kappa shape index (κ1) is 22.5. The minimum Gasteiger partial charge on any atom is -0.364 e. The van der Waals surface area contributed by atoms with Crippen LogP contribution in [0, 0.1) is 5.92 Å². The number of ketones is 1. The Bertz CT molecular complexity index is 1280. The Hall–Kier alpha value is -3.33. The minimum absolute atomic E-state index is 0.00312. The van der Waals surface area contributed by atoms with E-state index in [2.05, 4.69) is 10.1 Å². The highest BCUT2D eigenvalue weighted by atomic mass is 35.5. The summed E-state index contributed by atoms with van der Waals surface area (Å²) in [6.45, 7) is -0.385. The molecule has 0 bridgehead atoms. The number of halogens is 2. The van der Waals surface area contributed by atoms with Crippen LogP contribution in [-0.2, 0) is 16.1 Å². The smallest absolute Gasteiger partial charge is 0.269 e. The molecule has 2 amide bonds. The van der Waals surface area contributed by atoms with E-state index in [1.807, 2.05) is 24.3 Å². The fraction of sp³-hybridized carbons (Fsp3) is 0.375. The van der Waals surface area contributed by atoms with Crippen LogP contribution in [-0.4, -0.2) is 56.0 Å². The van der Waals surface area contributed by atoms with Gasteiger partial charge in [0, 0.05) is 29.4 Å². The molecular formula is C24H23ClFN5O3. The number of benzene rings is 1. The van der Waals surface area contributed by atoms with Gasteiger partial charge in [0.1, 0.15) is 12.7 Å². The minimum atomic E-state index is -1.26. The van der Waals surface area contributed by atoms with Crippen molar-refractivity contribution >= 4 is 40.1 Å². The van der Waals surface area contributed by atoms with Gasteiger partial charge in [-0.1, -0.05) is 23.7 Å². The lowest BCUT2D eigenvalue weighted by molar-refractivity contribution is -0.138. The van der Waals surface area contributed by atoms with Crippen molar-refractivity contribution < 1.29 is 18.8 Å². The van der Waals surface area contributed by atoms with E-state index in [4.69, 9.17) is 17.3 Å². The number of hydrogen-bond acceptors (Lipinski definition) is 5. The molecule has 2 aromatic heterocycles. The zero-order valence-corrected chi connectivity index (χ0v) is 19.0. The molecule has 1 saturated heterocycles. The Morgan fingerprint density at radius 1 is 1.15 bits per heavy atom. The molecule has 2 N–H and O–H groups in total. The molecule has 1 aliphatic carbocycles. The number of nitrogens with two attached hydrogens (primary N) is 1. The zero-order chi connectivity index (χ0) is 24.0. The summed E-state index contributed by atoms with van der Waals surface area (Å²) in [5.74, 6) is -0.820. The van der Waals surface area contributed by atoms with Gasteiger partial charge in [0.15, 0.2) is 11.5 Å². The summed E-state index contributed by atoms with van der Waals surface area (Å²) in [6.07, 6.45) is 2.90. The van der Waals surface area contributed by atoms with E-state index in [1.165, 1.54) is 22.0 Å². The van der Waals surface area contributed by atoms with Crippen molar-refractivity contribution in [2.24, 2.45) is 11.7 Å². The fourth-order valence-electron chi connectivity index (χ4n) is 4.89. The van der Waals surface area contributed by atoms with Gasteiger partial charge in [-0.15, -0.1) is 0 Å². The number of rotatable bonds is 7. The van der Waals surface area contributed by atoms with Gasteiger partial charge in [-0.05, 0) is 42.0 Å². The van der Waals surface area contributed by atoms with Crippen molar-refractivity contribution in [3.8, 4) is 0 Å². The topological polar surface area (TPSA) is 111 Å². The highest BCUT2D eigenvalue weighted by Crippen LogP contribution is 2.50. The van der Waals surface area contributed by atoms with Gasteiger partial charge in [0.2, 0.25) is 5.91 Å². The quantitative estimate of drug-likeness (QED) is 0.555. The average molecular weight is 484 g/mol. The van der Waals surface area contributed by atoms with E-state index >= 15 is 0 Å². The lowest BCUT2D eigenvalue weighted by Gasteiger charge is -2.23. The van der Waals surface area contributed by atoms with Gasteiger partial charge < -0.3 is 10.6 Å². The lowest BCUT2D eigenvalue weighted by Crippen LogP contribution is -2.42. The summed E-state index contributed by atoms with van der Waals surface area (Å²) in [4.78, 5) is 43.3. The fourth-order valence-corrected chi connectivity index (χ4v) is 5.02. The van der Waals surface area contributed by atoms with Crippen molar-refractivity contribution in [2.45, 2.75) is 43.9 Å². The number of Topliss-reactive ketones (excluding diaryl/α,β-unsaturated/α-hetero) is 1. The molecule has 0 spiro atoms. The number of pyridine rings is 1. The number of carbonyl (C=O) groups is 3. The van der Waals surface area contributed by atoms with Crippen LogP contribution in [0.5, 0.6) is 0 Å². The van der Waals surface area contributed by atoms with Crippen molar-refractivity contribution in [3.05, 3.63) is 59.0 Å². The maximum absolute atomic E-state index is 14.3. The Morgan fingerprint density at radius 3 is 2.65 bits per heavy atom. The first-order chi connectivity index (χ1) is 16.3. The van der Waals surface area contributed by atoms with Crippen LogP contribution >= 0.6 is 11.6 Å². The lowest BCUT2D eigenvalue weighted by atomic mass is 10.0. The highest BCUT2D eigenvalue weighted by molar-refractivity contribution is 6.30. The monoisotopic (exact) mass is 483 g/mol. The average Bonchev–Trinajstić information content (AvgIpc) is 3.29. The van der Waals surface area contributed by atoms with Crippen LogP contribution < -0.4 is 5.73 Å². The highest BCUT2D eigenvalue weighted by Gasteiger charge is 2.44. The molecule has 3 aromatic rings. The first-order valence-corrected chi connectivity index (χ1v) is 11.5. The molecule has 2 aliphatic rings. The summed E-state index contributed by atoms with van der Waals surface area (Å²) in [6, 6.07) is 8.38. The number of amides is 2. The first-order valence-electron chi connectivity index (χ1n) is 11.1. The Morgan fingerprint density at radius 2 is 1.91 bits per heavy atom. The summed E-state index contributed by atoms with van der Waals surface area (Å²) in [5, 5.41) is 5.31. The molecule has 1 aliphatic heterocycles. The number of carbonyl (C=O) groups excluding carboxylic acids is 3. The van der Waals surface area contributed by atoms with Crippen LogP contribution in [0.25, 0.3) is 10.9 Å². The molecule has 8 nitrogen and oxygen atoms in total. The maximum Gasteiger partial charge on any atom is 0.269 e. The predicted octanol–water partition coefficient (Wildman–Crippen LogP) is 2.89. The molecule has 2 fully saturated rings. The molecule has 10 heteroatoms. The van der Waals surface area contributed by atoms with Gasteiger partial charge >= 0.3 is 0 Å². The zero-order valence-electron chi connectivity index (χ0n) is 18.2. The van der Waals surface area contributed by atoms with Crippen LogP contribution in [0.15, 0.2) is 42.7 Å². The standard InChI is InChI=1S/C24H23ClFN5O3/c25-15-3-1-13(2-4-15)18-7-14(18)8-21(32)19-9-16(26)11-30(19)22(33)12-31-20-10-28-6-5-17(20)23(29-31)24(27)34/h1-6,10,14,16,18-19H,7-9,11-12H2,(H2,27,34)/t14-,16+,18-,19-/m0/s1. The number of likely N-dealkylation sites (tertiary alicyclic amines) is 1. The molecule has 4 atom stereocenters. The molecule has 0 radical (unpaired) electrons. The van der Waals surface area contributed by atoms with Gasteiger partial charge in [-0.25, -0.2) is 4.39 Å². The second-order valence-electron chi connectivity index (χ2n) is 8.98. The largest absolute Gasteiger partial charge is 0.364 e. The second-order valence-corrected chi connectivity index (χ2v) is 9.42. The van der Waals surface area contributed by atoms with Crippen LogP contribution in [0.2, 0.25) is 5.02 Å². The molecule has 34 heavy (non-hydrogen) atoms. The van der Waals surface area contributed by atoms with E-state index in [9.17, 15) is 18.8 Å². The van der Waals surface area contributed by atoms with E-state index in [0.717, 1.165) is 12.0 Å². The van der Waals surface area contributed by atoms with Gasteiger partial charge in [-0.2, -0.15) is 5.10 Å². The third kappa shape index (κ3) is 4.27. The maximum atomic E-state index is 14.3. The van der Waals surface area contributed by atoms with E-state index in [1.54, 1.807) is 6.07 Å². The summed E-state index contributed by atoms with van der Waals surface area (Å²) < 4.78 is 15.7. The van der Waals surface area contributed by atoms with Gasteiger partial charge in [0.25, 0.3) is 5.91 Å². The normalized spacial score (nSPS) is 23.9. The van der Waals surface area contributed by atoms with Gasteiger partial charge in [0.05, 0.1) is 24.3 Å². The Kier molecular flexibility index (Phi) is 5.81. The number of hydrogen-bond donors (Lipinski definition) is 1. The van der Waals surface area contributed by atoms with Crippen LogP contribution in [0.1, 0.15) is 41.2 Å². The van der Waals surface area contributed by atoms with Crippen LogP contribution in [0.3, 0.4) is 0 Å². The molecule has 3 heterocycles. The van der Waals surface area contributed by atoms with Crippen LogP contribution in [0.4, 0.5) is 4.39 Å². The summed E-state index contributed by atoms with van der Waals surface area (Å²) in [7, 11) is 0. The second kappa shape index (κ2) is 8.79. The third-order valence-electron chi connectivity index (χ3n) is 6.70. The Balaban J connectivity index is 1.28. The summed E-state index contributed by atoms with van der Waals surface area (Å²) in [5.41, 5.74) is 7.04. The van der Waals surface area contributed by atoms with Crippen molar-refractivity contribution in [1.82, 2.24) is 19.7 Å². The Labute approximate surface area is 199 Å². The number of fused-ring (bicyclic) bond motifs is 1. The van der Waals surface area contributed by atoms with E-state index in [-0.39, 0.29) is 42.8 Å². The predicted molar refractivity (Wildman–Crippen MR) is 123 cm³/mol. The van der Waals surface area contributed by atoms with E-state index in [0.29, 0.717) is 22.3 Å². The van der Waals surface area contributed by atoms with Crippen molar-refractivity contribution in [2.75, 3.05) is 6.54 Å². The number of aromatic nitrogens is 3. The van der Waals surface area contributed by atoms with Crippen molar-refractivity contribution in [1.29, 1.82) is 0 Å². The molecule has 0 unspecified atom stereocenters.